The standard InChI is InChI=1S/C9H10ClN3O2S2/c1-6-7(5-11-13(6)2)12-17(14,15)9-4-3-8(10)16-9/h3-5,12H,1-2H3. The third-order valence-electron chi connectivity index (χ3n) is 2.29. The molecule has 2 aromatic heterocycles. The highest BCUT2D eigenvalue weighted by molar-refractivity contribution is 7.94. The van der Waals surface area contributed by atoms with E-state index < -0.39 is 10.0 Å². The zero-order valence-corrected chi connectivity index (χ0v) is 11.5. The average Bonchev–Trinajstić information content (AvgIpc) is 2.80. The van der Waals surface area contributed by atoms with Gasteiger partial charge in [-0.05, 0) is 19.1 Å². The number of aryl methyl sites for hydroxylation is 1. The highest BCUT2D eigenvalue weighted by Crippen LogP contribution is 2.27. The van der Waals surface area contributed by atoms with Gasteiger partial charge in [0.15, 0.2) is 0 Å². The third-order valence-corrected chi connectivity index (χ3v) is 5.38. The van der Waals surface area contributed by atoms with Crippen molar-refractivity contribution in [1.29, 1.82) is 0 Å². The molecular weight excluding hydrogens is 282 g/mol. The molecule has 2 aromatic rings. The summed E-state index contributed by atoms with van der Waals surface area (Å²) in [6.07, 6.45) is 1.47. The number of aromatic nitrogens is 2. The predicted octanol–water partition coefficient (Wildman–Crippen LogP) is 2.24. The zero-order valence-electron chi connectivity index (χ0n) is 9.14. The Hall–Kier alpha value is -1.05. The number of sulfonamides is 1. The Kier molecular flexibility index (Phi) is 3.15. The number of nitrogens with one attached hydrogen (secondary N) is 1. The summed E-state index contributed by atoms with van der Waals surface area (Å²) in [6.45, 7) is 1.78. The molecule has 2 heterocycles. The van der Waals surface area contributed by atoms with Crippen LogP contribution in [0, 0.1) is 6.92 Å². The Morgan fingerprint density at radius 2 is 2.18 bits per heavy atom. The summed E-state index contributed by atoms with van der Waals surface area (Å²) in [7, 11) is -1.83. The predicted molar refractivity (Wildman–Crippen MR) is 68.1 cm³/mol. The minimum absolute atomic E-state index is 0.186. The molecule has 0 radical (unpaired) electrons. The Balaban J connectivity index is 2.33. The Bertz CT molecular complexity index is 645. The van der Waals surface area contributed by atoms with Crippen LogP contribution in [0.4, 0.5) is 5.69 Å². The summed E-state index contributed by atoms with van der Waals surface area (Å²) in [5, 5.41) is 3.97. The molecule has 0 bridgehead atoms. The first kappa shape index (κ1) is 12.4. The molecule has 92 valence electrons. The molecule has 0 unspecified atom stereocenters. The molecule has 0 saturated heterocycles. The summed E-state index contributed by atoms with van der Waals surface area (Å²) >= 11 is 6.73. The molecular formula is C9H10ClN3O2S2. The van der Waals surface area contributed by atoms with Crippen LogP contribution in [0.2, 0.25) is 4.34 Å². The van der Waals surface area contributed by atoms with Crippen LogP contribution < -0.4 is 4.72 Å². The minimum Gasteiger partial charge on any atom is -0.275 e. The first-order valence-electron chi connectivity index (χ1n) is 4.67. The van der Waals surface area contributed by atoms with Crippen LogP contribution >= 0.6 is 22.9 Å². The van der Waals surface area contributed by atoms with Crippen LogP contribution in [0.5, 0.6) is 0 Å². The second-order valence-corrected chi connectivity index (χ2v) is 7.06. The summed E-state index contributed by atoms with van der Waals surface area (Å²) in [5.41, 5.74) is 1.22. The summed E-state index contributed by atoms with van der Waals surface area (Å²) in [5.74, 6) is 0. The molecule has 1 N–H and O–H groups in total. The van der Waals surface area contributed by atoms with Crippen molar-refractivity contribution in [3.63, 3.8) is 0 Å². The van der Waals surface area contributed by atoms with Crippen molar-refractivity contribution in [2.45, 2.75) is 11.1 Å². The molecule has 2 rings (SSSR count). The van der Waals surface area contributed by atoms with E-state index in [0.29, 0.717) is 10.0 Å². The highest BCUT2D eigenvalue weighted by atomic mass is 35.5. The van der Waals surface area contributed by atoms with Gasteiger partial charge in [-0.25, -0.2) is 8.42 Å². The van der Waals surface area contributed by atoms with E-state index in [2.05, 4.69) is 9.82 Å². The Morgan fingerprint density at radius 1 is 1.47 bits per heavy atom. The fourth-order valence-electron chi connectivity index (χ4n) is 1.24. The molecule has 5 nitrogen and oxygen atoms in total. The lowest BCUT2D eigenvalue weighted by Crippen LogP contribution is -2.12. The SMILES string of the molecule is Cc1c(NS(=O)(=O)c2ccc(Cl)s2)cnn1C. The van der Waals surface area contributed by atoms with Crippen LogP contribution in [0.15, 0.2) is 22.5 Å². The van der Waals surface area contributed by atoms with Crippen molar-refractivity contribution in [3.8, 4) is 0 Å². The van der Waals surface area contributed by atoms with E-state index in [-0.39, 0.29) is 4.21 Å². The van der Waals surface area contributed by atoms with Gasteiger partial charge in [0.05, 0.1) is 21.9 Å². The normalized spacial score (nSPS) is 11.7. The van der Waals surface area contributed by atoms with Crippen molar-refractivity contribution in [1.82, 2.24) is 9.78 Å². The van der Waals surface area contributed by atoms with E-state index in [1.165, 1.54) is 12.3 Å². The van der Waals surface area contributed by atoms with Gasteiger partial charge in [0.1, 0.15) is 4.21 Å². The molecule has 0 aromatic carbocycles. The van der Waals surface area contributed by atoms with Gasteiger partial charge in [0.2, 0.25) is 0 Å². The number of hydrogen-bond acceptors (Lipinski definition) is 4. The minimum atomic E-state index is -3.57. The van der Waals surface area contributed by atoms with Crippen molar-refractivity contribution in [3.05, 3.63) is 28.4 Å². The van der Waals surface area contributed by atoms with E-state index in [4.69, 9.17) is 11.6 Å². The van der Waals surface area contributed by atoms with E-state index in [0.717, 1.165) is 17.0 Å². The number of hydrogen-bond donors (Lipinski definition) is 1. The van der Waals surface area contributed by atoms with Gasteiger partial charge in [-0.15, -0.1) is 11.3 Å². The zero-order chi connectivity index (χ0) is 12.6. The average molecular weight is 292 g/mol. The van der Waals surface area contributed by atoms with Crippen LogP contribution in [0.3, 0.4) is 0 Å². The first-order chi connectivity index (χ1) is 7.90. The molecule has 0 atom stereocenters. The topological polar surface area (TPSA) is 64.0 Å². The maximum Gasteiger partial charge on any atom is 0.271 e. The maximum absolute atomic E-state index is 12.0. The van der Waals surface area contributed by atoms with Gasteiger partial charge in [-0.1, -0.05) is 11.6 Å². The molecule has 0 aliphatic rings. The largest absolute Gasteiger partial charge is 0.275 e. The van der Waals surface area contributed by atoms with E-state index in [1.54, 1.807) is 24.7 Å². The summed E-state index contributed by atoms with van der Waals surface area (Å²) in [4.78, 5) is 0. The van der Waals surface area contributed by atoms with E-state index in [9.17, 15) is 8.42 Å². The molecule has 0 amide bonds. The van der Waals surface area contributed by atoms with Crippen LogP contribution in [-0.4, -0.2) is 18.2 Å². The quantitative estimate of drug-likeness (QED) is 0.943. The van der Waals surface area contributed by atoms with Crippen molar-refractivity contribution in [2.24, 2.45) is 7.05 Å². The van der Waals surface area contributed by atoms with Crippen LogP contribution in [0.25, 0.3) is 0 Å². The molecule has 0 fully saturated rings. The number of rotatable bonds is 3. The van der Waals surface area contributed by atoms with E-state index >= 15 is 0 Å². The highest BCUT2D eigenvalue weighted by Gasteiger charge is 2.18. The molecule has 0 aliphatic carbocycles. The van der Waals surface area contributed by atoms with Gasteiger partial charge < -0.3 is 0 Å². The second-order valence-electron chi connectivity index (χ2n) is 3.43. The van der Waals surface area contributed by atoms with Crippen molar-refractivity contribution < 1.29 is 8.42 Å². The van der Waals surface area contributed by atoms with Gasteiger partial charge >= 0.3 is 0 Å². The lowest BCUT2D eigenvalue weighted by atomic mass is 10.4. The number of halogens is 1. The van der Waals surface area contributed by atoms with Crippen LogP contribution in [-0.2, 0) is 17.1 Å². The monoisotopic (exact) mass is 291 g/mol. The Labute approximate surface area is 108 Å². The molecule has 0 saturated carbocycles. The van der Waals surface area contributed by atoms with Gasteiger partial charge in [-0.3, -0.25) is 9.40 Å². The van der Waals surface area contributed by atoms with Crippen molar-refractivity contribution in [2.75, 3.05) is 4.72 Å². The lowest BCUT2D eigenvalue weighted by Gasteiger charge is -2.04. The number of thiophene rings is 1. The first-order valence-corrected chi connectivity index (χ1v) is 7.34. The lowest BCUT2D eigenvalue weighted by molar-refractivity contribution is 0.603. The van der Waals surface area contributed by atoms with Crippen LogP contribution in [0.1, 0.15) is 5.69 Å². The fraction of sp³-hybridized carbons (Fsp3) is 0.222. The molecule has 8 heteroatoms. The van der Waals surface area contributed by atoms with Gasteiger partial charge in [0.25, 0.3) is 10.0 Å². The number of anilines is 1. The summed E-state index contributed by atoms with van der Waals surface area (Å²) in [6, 6.07) is 3.03. The van der Waals surface area contributed by atoms with Gasteiger partial charge in [-0.2, -0.15) is 5.10 Å². The molecule has 0 aliphatic heterocycles. The molecule has 17 heavy (non-hydrogen) atoms. The third kappa shape index (κ3) is 2.46. The smallest absolute Gasteiger partial charge is 0.271 e. The fourth-order valence-corrected chi connectivity index (χ4v) is 3.82. The molecule has 0 spiro atoms. The van der Waals surface area contributed by atoms with E-state index in [1.807, 2.05) is 0 Å². The summed E-state index contributed by atoms with van der Waals surface area (Å²) < 4.78 is 28.7. The van der Waals surface area contributed by atoms with Crippen molar-refractivity contribution >= 4 is 38.6 Å². The van der Waals surface area contributed by atoms with Gasteiger partial charge in [0, 0.05) is 7.05 Å². The second kappa shape index (κ2) is 4.32. The maximum atomic E-state index is 12.0. The Morgan fingerprint density at radius 3 is 2.65 bits per heavy atom. The number of nitrogens with zero attached hydrogens (tertiary/aromatic N) is 2.